The Hall–Kier alpha value is -3.91. The van der Waals surface area contributed by atoms with Crippen LogP contribution in [0, 0.1) is 18.8 Å². The molecule has 0 aliphatic rings. The van der Waals surface area contributed by atoms with Gasteiger partial charge in [-0.25, -0.2) is 0 Å². The number of halogens is 1. The first-order valence-electron chi connectivity index (χ1n) is 12.4. The molecule has 0 heterocycles. The predicted molar refractivity (Wildman–Crippen MR) is 160 cm³/mol. The summed E-state index contributed by atoms with van der Waals surface area (Å²) in [7, 11) is 0. The third-order valence-electron chi connectivity index (χ3n) is 4.68. The van der Waals surface area contributed by atoms with Crippen molar-refractivity contribution in [1.82, 2.24) is 10.6 Å². The minimum atomic E-state index is -0.329. The highest BCUT2D eigenvalue weighted by molar-refractivity contribution is 6.32. The Labute approximate surface area is 231 Å². The van der Waals surface area contributed by atoms with Gasteiger partial charge < -0.3 is 11.5 Å². The zero-order valence-electron chi connectivity index (χ0n) is 22.7. The van der Waals surface area contributed by atoms with E-state index in [-0.39, 0.29) is 23.7 Å². The summed E-state index contributed by atoms with van der Waals surface area (Å²) in [6, 6.07) is 15.1. The van der Waals surface area contributed by atoms with E-state index < -0.39 is 0 Å². The number of hydrogen-bond acceptors (Lipinski definition) is 4. The quantitative estimate of drug-likeness (QED) is 0.223. The number of nitrogens with one attached hydrogen (secondary N) is 2. The molecule has 38 heavy (non-hydrogen) atoms. The third-order valence-corrected chi connectivity index (χ3v) is 5.02. The molecule has 2 amide bonds. The van der Waals surface area contributed by atoms with Crippen LogP contribution in [-0.4, -0.2) is 36.8 Å². The number of nitrogens with two attached hydrogens (primary N) is 2. The van der Waals surface area contributed by atoms with Crippen molar-refractivity contribution in [2.24, 2.45) is 33.3 Å². The molecule has 0 bridgehead atoms. The second kappa shape index (κ2) is 17.5. The molecule has 2 aromatic rings. The second-order valence-electron chi connectivity index (χ2n) is 9.26. The first-order chi connectivity index (χ1) is 18.0. The molecule has 8 nitrogen and oxygen atoms in total. The highest BCUT2D eigenvalue weighted by atomic mass is 35.5. The lowest BCUT2D eigenvalue weighted by atomic mass is 10.1. The smallest absolute Gasteiger partial charge is 0.250 e. The van der Waals surface area contributed by atoms with E-state index in [1.54, 1.807) is 18.2 Å². The van der Waals surface area contributed by atoms with Gasteiger partial charge in [0, 0.05) is 30.3 Å². The zero-order chi connectivity index (χ0) is 28.5. The van der Waals surface area contributed by atoms with Crippen molar-refractivity contribution in [3.63, 3.8) is 0 Å². The van der Waals surface area contributed by atoms with Crippen LogP contribution < -0.4 is 22.1 Å². The van der Waals surface area contributed by atoms with Gasteiger partial charge >= 0.3 is 0 Å². The first kappa shape index (κ1) is 32.1. The Kier molecular flexibility index (Phi) is 14.8. The van der Waals surface area contributed by atoms with Gasteiger partial charge in [0.15, 0.2) is 11.9 Å². The van der Waals surface area contributed by atoms with Crippen LogP contribution in [0.25, 0.3) is 12.2 Å². The Balaban J connectivity index is 0.000000380. The molecular formula is C29H39ClN6O2. The van der Waals surface area contributed by atoms with Crippen LogP contribution in [0.2, 0.25) is 5.02 Å². The number of aliphatic imine (C=N–C) groups is 2. The predicted octanol–water partition coefficient (Wildman–Crippen LogP) is 4.54. The topological polar surface area (TPSA) is 135 Å². The number of carbonyl (C=O) groups excluding carboxylic acids is 2. The Morgan fingerprint density at radius 1 is 0.789 bits per heavy atom. The molecule has 0 radical (unpaired) electrons. The lowest BCUT2D eigenvalue weighted by Gasteiger charge is -2.03. The fraction of sp³-hybridized carbons (Fsp3) is 0.310. The van der Waals surface area contributed by atoms with Crippen molar-refractivity contribution in [2.75, 3.05) is 13.1 Å². The number of carbonyl (C=O) groups is 2. The molecular weight excluding hydrogens is 500 g/mol. The van der Waals surface area contributed by atoms with Crippen LogP contribution in [0.5, 0.6) is 0 Å². The monoisotopic (exact) mass is 538 g/mol. The van der Waals surface area contributed by atoms with Gasteiger partial charge in [0.25, 0.3) is 11.8 Å². The highest BCUT2D eigenvalue weighted by Crippen LogP contribution is 2.16. The lowest BCUT2D eigenvalue weighted by Crippen LogP contribution is -2.36. The lowest BCUT2D eigenvalue weighted by molar-refractivity contribution is -0.116. The van der Waals surface area contributed by atoms with Gasteiger partial charge in [0.05, 0.1) is 0 Å². The summed E-state index contributed by atoms with van der Waals surface area (Å²) >= 11 is 5.97. The summed E-state index contributed by atoms with van der Waals surface area (Å²) in [6.07, 6.45) is 6.23. The molecule has 0 saturated carbocycles. The second-order valence-corrected chi connectivity index (χ2v) is 9.67. The van der Waals surface area contributed by atoms with Crippen molar-refractivity contribution in [2.45, 2.75) is 34.6 Å². The van der Waals surface area contributed by atoms with Crippen LogP contribution in [0.15, 0.2) is 70.7 Å². The normalized spacial score (nSPS) is 12.1. The van der Waals surface area contributed by atoms with Crippen molar-refractivity contribution >= 4 is 47.5 Å². The summed E-state index contributed by atoms with van der Waals surface area (Å²) < 4.78 is 0. The van der Waals surface area contributed by atoms with Crippen molar-refractivity contribution in [3.05, 3.63) is 82.4 Å². The highest BCUT2D eigenvalue weighted by Gasteiger charge is 2.01. The summed E-state index contributed by atoms with van der Waals surface area (Å²) in [6.45, 7) is 11.3. The molecule has 0 fully saturated rings. The van der Waals surface area contributed by atoms with Gasteiger partial charge in [-0.1, -0.05) is 81.8 Å². The van der Waals surface area contributed by atoms with Gasteiger partial charge in [-0.2, -0.15) is 0 Å². The van der Waals surface area contributed by atoms with Gasteiger partial charge in [0.2, 0.25) is 0 Å². The Bertz CT molecular complexity index is 1080. The van der Waals surface area contributed by atoms with Gasteiger partial charge in [-0.05, 0) is 53.7 Å². The van der Waals surface area contributed by atoms with Crippen LogP contribution in [0.4, 0.5) is 0 Å². The molecule has 0 unspecified atom stereocenters. The molecule has 2 rings (SSSR count). The molecule has 204 valence electrons. The zero-order valence-corrected chi connectivity index (χ0v) is 23.5. The number of rotatable bonds is 8. The molecule has 0 aromatic heterocycles. The maximum Gasteiger partial charge on any atom is 0.250 e. The molecule has 9 heteroatoms. The standard InChI is InChI=1S/C15H21N3O.C14H18ClN3O/c1-11(2)10-17-15(16)18-14(19)9-8-13-7-5-4-6-12(13)3;1-10(2)9-17-14(16)18-13(19)8-7-11-5-3-4-6-12(11)15/h4-9,11H,10H2,1-3H3,(H3,16,17,18,19);3-8,10H,9H2,1-2H3,(H3,16,17,18,19). The average molecular weight is 539 g/mol. The molecule has 0 aliphatic heterocycles. The largest absolute Gasteiger partial charge is 0.370 e. The number of guanidine groups is 2. The van der Waals surface area contributed by atoms with Crippen LogP contribution in [-0.2, 0) is 9.59 Å². The Morgan fingerprint density at radius 2 is 1.21 bits per heavy atom. The number of amides is 2. The molecule has 0 atom stereocenters. The molecule has 0 aliphatic carbocycles. The van der Waals surface area contributed by atoms with Crippen LogP contribution in [0.3, 0.4) is 0 Å². The fourth-order valence-electron chi connectivity index (χ4n) is 2.69. The molecule has 6 N–H and O–H groups in total. The average Bonchev–Trinajstić information content (AvgIpc) is 2.85. The van der Waals surface area contributed by atoms with E-state index in [2.05, 4.69) is 20.6 Å². The number of benzene rings is 2. The van der Waals surface area contributed by atoms with E-state index in [4.69, 9.17) is 23.1 Å². The minimum absolute atomic E-state index is 0.127. The van der Waals surface area contributed by atoms with Crippen LogP contribution >= 0.6 is 11.6 Å². The van der Waals surface area contributed by atoms with E-state index in [0.29, 0.717) is 29.9 Å². The van der Waals surface area contributed by atoms with E-state index in [0.717, 1.165) is 16.7 Å². The van der Waals surface area contributed by atoms with Crippen LogP contribution in [0.1, 0.15) is 44.4 Å². The van der Waals surface area contributed by atoms with Crippen molar-refractivity contribution in [1.29, 1.82) is 0 Å². The molecule has 0 spiro atoms. The van der Waals surface area contributed by atoms with Crippen molar-refractivity contribution in [3.8, 4) is 0 Å². The third kappa shape index (κ3) is 14.6. The number of hydrogen-bond donors (Lipinski definition) is 4. The summed E-state index contributed by atoms with van der Waals surface area (Å²) in [5.41, 5.74) is 14.1. The van der Waals surface area contributed by atoms with E-state index in [1.807, 2.05) is 77.1 Å². The van der Waals surface area contributed by atoms with Gasteiger partial charge in [0.1, 0.15) is 0 Å². The SMILES string of the molecule is CC(C)CN=C(N)NC(=O)C=Cc1ccccc1Cl.Cc1ccccc1C=CC(=O)NC(N)=NCC(C)C. The minimum Gasteiger partial charge on any atom is -0.370 e. The van der Waals surface area contributed by atoms with Gasteiger partial charge in [-0.3, -0.25) is 30.2 Å². The first-order valence-corrected chi connectivity index (χ1v) is 12.7. The number of nitrogens with zero attached hydrogens (tertiary/aromatic N) is 2. The fourth-order valence-corrected chi connectivity index (χ4v) is 2.89. The van der Waals surface area contributed by atoms with E-state index in [9.17, 15) is 9.59 Å². The molecule has 0 saturated heterocycles. The number of aryl methyl sites for hydroxylation is 1. The van der Waals surface area contributed by atoms with E-state index in [1.165, 1.54) is 12.2 Å². The van der Waals surface area contributed by atoms with Crippen molar-refractivity contribution < 1.29 is 9.59 Å². The Morgan fingerprint density at radius 3 is 1.66 bits per heavy atom. The summed E-state index contributed by atoms with van der Waals surface area (Å²) in [4.78, 5) is 31.3. The molecule has 2 aromatic carbocycles. The van der Waals surface area contributed by atoms with E-state index >= 15 is 0 Å². The summed E-state index contributed by atoms with van der Waals surface area (Å²) in [5, 5.41) is 5.60. The van der Waals surface area contributed by atoms with Gasteiger partial charge in [-0.15, -0.1) is 0 Å². The summed E-state index contributed by atoms with van der Waals surface area (Å²) in [5.74, 6) is 0.501. The maximum absolute atomic E-state index is 11.6. The maximum atomic E-state index is 11.6.